The molecule has 5 rings (SSSR count). The number of nitrogens with one attached hydrogen (secondary N) is 3. The van der Waals surface area contributed by atoms with Gasteiger partial charge in [0.2, 0.25) is 0 Å². The smallest absolute Gasteiger partial charge is 0.271 e. The van der Waals surface area contributed by atoms with E-state index in [1.54, 1.807) is 54.6 Å². The van der Waals surface area contributed by atoms with Crippen LogP contribution in [0.5, 0.6) is 5.75 Å². The Balaban J connectivity index is 1.14. The fourth-order valence-electron chi connectivity index (χ4n) is 3.77. The average molecular weight is 651 g/mol. The number of amides is 2. The van der Waals surface area contributed by atoms with E-state index in [0.29, 0.717) is 37.6 Å². The topological polar surface area (TPSA) is 105 Å². The second-order valence-corrected chi connectivity index (χ2v) is 11.1. The molecule has 0 spiro atoms. The molecular weight excluding hydrogens is 629 g/mol. The number of hydrogen-bond donors (Lipinski definition) is 3. The molecule has 0 unspecified atom stereocenters. The van der Waals surface area contributed by atoms with Crippen molar-refractivity contribution in [1.82, 2.24) is 10.4 Å². The van der Waals surface area contributed by atoms with Crippen LogP contribution in [-0.2, 0) is 4.79 Å². The number of nitrogens with zero attached hydrogens (tertiary/aromatic N) is 2. The predicted octanol–water partition coefficient (Wildman–Crippen LogP) is 8.30. The van der Waals surface area contributed by atoms with E-state index in [9.17, 15) is 9.59 Å². The summed E-state index contributed by atoms with van der Waals surface area (Å²) in [6.07, 6.45) is 1.45. The van der Waals surface area contributed by atoms with Crippen molar-refractivity contribution in [3.63, 3.8) is 0 Å². The third-order valence-corrected chi connectivity index (χ3v) is 7.64. The molecule has 3 N–H and O–H groups in total. The van der Waals surface area contributed by atoms with Gasteiger partial charge in [-0.2, -0.15) is 5.10 Å². The van der Waals surface area contributed by atoms with Gasteiger partial charge in [0.05, 0.1) is 22.0 Å². The number of hydrazone groups is 1. The number of aromatic nitrogens is 1. The first-order valence-electron chi connectivity index (χ1n) is 12.7. The van der Waals surface area contributed by atoms with Crippen LogP contribution < -0.4 is 20.8 Å². The summed E-state index contributed by atoms with van der Waals surface area (Å²) in [7, 11) is 0. The molecule has 0 atom stereocenters. The van der Waals surface area contributed by atoms with Gasteiger partial charge >= 0.3 is 0 Å². The predicted molar refractivity (Wildman–Crippen MR) is 174 cm³/mol. The van der Waals surface area contributed by atoms with Gasteiger partial charge in [-0.25, -0.2) is 10.4 Å². The van der Waals surface area contributed by atoms with Crippen LogP contribution in [0.2, 0.25) is 15.1 Å². The number of halogens is 3. The van der Waals surface area contributed by atoms with Crippen molar-refractivity contribution < 1.29 is 14.3 Å². The Labute approximate surface area is 266 Å². The number of thiazole rings is 1. The average Bonchev–Trinajstić information content (AvgIpc) is 3.48. The van der Waals surface area contributed by atoms with E-state index in [4.69, 9.17) is 39.5 Å². The zero-order chi connectivity index (χ0) is 30.2. The Hall–Kier alpha value is -4.41. The molecule has 4 aromatic carbocycles. The molecule has 0 radical (unpaired) electrons. The molecule has 0 aliphatic rings. The molecule has 0 aliphatic heterocycles. The summed E-state index contributed by atoms with van der Waals surface area (Å²) in [5.74, 6) is -0.346. The van der Waals surface area contributed by atoms with Gasteiger partial charge in [-0.15, -0.1) is 11.3 Å². The first-order valence-corrected chi connectivity index (χ1v) is 14.7. The number of para-hydroxylation sites is 1. The molecule has 2 amide bonds. The fraction of sp³-hybridized carbons (Fsp3) is 0.0323. The normalized spacial score (nSPS) is 10.9. The minimum Gasteiger partial charge on any atom is -0.483 e. The van der Waals surface area contributed by atoms with E-state index in [2.05, 4.69) is 26.1 Å². The molecule has 216 valence electrons. The highest BCUT2D eigenvalue weighted by Crippen LogP contribution is 2.28. The van der Waals surface area contributed by atoms with Gasteiger partial charge < -0.3 is 15.4 Å². The summed E-state index contributed by atoms with van der Waals surface area (Å²) in [4.78, 5) is 29.6. The van der Waals surface area contributed by atoms with Gasteiger partial charge in [0.25, 0.3) is 11.8 Å². The number of carbonyl (C=O) groups is 2. The van der Waals surface area contributed by atoms with Crippen LogP contribution in [0.25, 0.3) is 11.3 Å². The first kappa shape index (κ1) is 30.1. The SMILES string of the molecule is O=C(COc1ccccc1/C=N\NC(=O)c1ccc(-c2csc(Nc3ccc(Cl)cc3)n2)cc1)Nc1ccc(Cl)c(Cl)c1. The molecule has 0 saturated carbocycles. The molecule has 0 aliphatic carbocycles. The van der Waals surface area contributed by atoms with Crippen LogP contribution in [-0.4, -0.2) is 29.6 Å². The summed E-state index contributed by atoms with van der Waals surface area (Å²) < 4.78 is 5.67. The zero-order valence-corrected chi connectivity index (χ0v) is 25.3. The fourth-order valence-corrected chi connectivity index (χ4v) is 4.93. The van der Waals surface area contributed by atoms with Crippen LogP contribution in [0, 0.1) is 0 Å². The number of anilines is 3. The minimum atomic E-state index is -0.384. The molecule has 0 bridgehead atoms. The molecule has 0 fully saturated rings. The highest BCUT2D eigenvalue weighted by molar-refractivity contribution is 7.14. The Kier molecular flexibility index (Phi) is 9.91. The molecule has 5 aromatic rings. The van der Waals surface area contributed by atoms with Gasteiger partial charge in [-0.3, -0.25) is 9.59 Å². The maximum atomic E-state index is 12.7. The van der Waals surface area contributed by atoms with Crippen molar-refractivity contribution in [2.45, 2.75) is 0 Å². The summed E-state index contributed by atoms with van der Waals surface area (Å²) >= 11 is 19.3. The molecule has 0 saturated heterocycles. The van der Waals surface area contributed by atoms with Crippen LogP contribution in [0.15, 0.2) is 101 Å². The third kappa shape index (κ3) is 8.33. The van der Waals surface area contributed by atoms with E-state index in [0.717, 1.165) is 22.1 Å². The molecule has 12 heteroatoms. The Bertz CT molecular complexity index is 1780. The number of rotatable bonds is 10. The van der Waals surface area contributed by atoms with Crippen molar-refractivity contribution in [2.75, 3.05) is 17.2 Å². The van der Waals surface area contributed by atoms with Crippen molar-refractivity contribution in [3.05, 3.63) is 123 Å². The van der Waals surface area contributed by atoms with Crippen LogP contribution in [0.3, 0.4) is 0 Å². The molecular formula is C31H22Cl3N5O3S. The van der Waals surface area contributed by atoms with Crippen molar-refractivity contribution >= 4 is 80.7 Å². The summed E-state index contributed by atoms with van der Waals surface area (Å²) in [5, 5.41) is 14.1. The van der Waals surface area contributed by atoms with E-state index in [1.807, 2.05) is 41.8 Å². The maximum absolute atomic E-state index is 12.7. The van der Waals surface area contributed by atoms with Gasteiger partial charge in [-0.05, 0) is 66.7 Å². The Morgan fingerprint density at radius 2 is 1.63 bits per heavy atom. The summed E-state index contributed by atoms with van der Waals surface area (Å²) in [5.41, 5.74) is 6.56. The van der Waals surface area contributed by atoms with E-state index in [-0.39, 0.29) is 18.4 Å². The Morgan fingerprint density at radius 3 is 2.40 bits per heavy atom. The van der Waals surface area contributed by atoms with Crippen LogP contribution >= 0.6 is 46.1 Å². The molecule has 1 heterocycles. The lowest BCUT2D eigenvalue weighted by atomic mass is 10.1. The van der Waals surface area contributed by atoms with Crippen molar-refractivity contribution in [2.24, 2.45) is 5.10 Å². The third-order valence-electron chi connectivity index (χ3n) is 5.89. The number of carbonyl (C=O) groups excluding carboxylic acids is 2. The van der Waals surface area contributed by atoms with E-state index in [1.165, 1.54) is 17.6 Å². The lowest BCUT2D eigenvalue weighted by Gasteiger charge is -2.10. The quantitative estimate of drug-likeness (QED) is 0.104. The van der Waals surface area contributed by atoms with Crippen LogP contribution in [0.1, 0.15) is 15.9 Å². The summed E-state index contributed by atoms with van der Waals surface area (Å²) in [6.45, 7) is -0.249. The second kappa shape index (κ2) is 14.2. The highest BCUT2D eigenvalue weighted by Gasteiger charge is 2.10. The first-order chi connectivity index (χ1) is 20.8. The lowest BCUT2D eigenvalue weighted by molar-refractivity contribution is -0.118. The lowest BCUT2D eigenvalue weighted by Crippen LogP contribution is -2.20. The van der Waals surface area contributed by atoms with Crippen LogP contribution in [0.4, 0.5) is 16.5 Å². The monoisotopic (exact) mass is 649 g/mol. The zero-order valence-electron chi connectivity index (χ0n) is 22.2. The van der Waals surface area contributed by atoms with Gasteiger partial charge in [0.15, 0.2) is 11.7 Å². The van der Waals surface area contributed by atoms with Gasteiger partial charge in [0.1, 0.15) is 5.75 Å². The van der Waals surface area contributed by atoms with Crippen molar-refractivity contribution in [1.29, 1.82) is 0 Å². The van der Waals surface area contributed by atoms with Crippen molar-refractivity contribution in [3.8, 4) is 17.0 Å². The second-order valence-electron chi connectivity index (χ2n) is 8.95. The number of benzene rings is 4. The molecule has 1 aromatic heterocycles. The van der Waals surface area contributed by atoms with Gasteiger partial charge in [-0.1, -0.05) is 59.1 Å². The highest BCUT2D eigenvalue weighted by atomic mass is 35.5. The van der Waals surface area contributed by atoms with E-state index >= 15 is 0 Å². The molecule has 8 nitrogen and oxygen atoms in total. The number of hydrogen-bond acceptors (Lipinski definition) is 7. The molecule has 43 heavy (non-hydrogen) atoms. The standard InChI is InChI=1S/C31H22Cl3N5O3S/c32-22-9-11-23(12-10-22)37-31-38-27(18-43-31)19-5-7-20(8-6-19)30(41)39-35-16-21-3-1-2-4-28(21)42-17-29(40)36-24-13-14-25(33)26(34)15-24/h1-16,18H,17H2,(H,36,40)(H,37,38)(H,39,41)/b35-16-. The Morgan fingerprint density at radius 1 is 0.884 bits per heavy atom. The number of ether oxygens (including phenoxy) is 1. The maximum Gasteiger partial charge on any atom is 0.271 e. The van der Waals surface area contributed by atoms with Gasteiger partial charge in [0, 0.05) is 38.5 Å². The van der Waals surface area contributed by atoms with E-state index < -0.39 is 0 Å². The minimum absolute atomic E-state index is 0.249. The largest absolute Gasteiger partial charge is 0.483 e. The summed E-state index contributed by atoms with van der Waals surface area (Å²) in [6, 6.07) is 26.2.